The average Bonchev–Trinajstić information content (AvgIpc) is 2.53. The van der Waals surface area contributed by atoms with Crippen LogP contribution in [0, 0.1) is 6.92 Å². The van der Waals surface area contributed by atoms with Gasteiger partial charge in [0.05, 0.1) is 0 Å². The molecule has 1 heterocycles. The van der Waals surface area contributed by atoms with Crippen LogP contribution in [-0.2, 0) is 13.0 Å². The number of fused-ring (bicyclic) bond motifs is 1. The predicted molar refractivity (Wildman–Crippen MR) is 65.1 cm³/mol. The van der Waals surface area contributed by atoms with Crippen LogP contribution >= 0.6 is 0 Å². The van der Waals surface area contributed by atoms with E-state index in [9.17, 15) is 0 Å². The van der Waals surface area contributed by atoms with E-state index >= 15 is 0 Å². The van der Waals surface area contributed by atoms with E-state index in [0.29, 0.717) is 0 Å². The number of benzene rings is 1. The maximum atomic E-state index is 5.57. The Hall–Kier alpha value is -1.28. The smallest absolute Gasteiger partial charge is 0.0485 e. The van der Waals surface area contributed by atoms with Gasteiger partial charge in [-0.3, -0.25) is 0 Å². The van der Waals surface area contributed by atoms with Gasteiger partial charge in [0.25, 0.3) is 0 Å². The lowest BCUT2D eigenvalue weighted by atomic mass is 10.1. The fraction of sp³-hybridized carbons (Fsp3) is 0.385. The van der Waals surface area contributed by atoms with Crippen LogP contribution in [0.25, 0.3) is 10.9 Å². The second-order valence-electron chi connectivity index (χ2n) is 3.96. The number of aryl methyl sites for hydroxylation is 2. The number of rotatable bonds is 3. The summed E-state index contributed by atoms with van der Waals surface area (Å²) in [4.78, 5) is 0. The number of hydrogen-bond donors (Lipinski definition) is 1. The van der Waals surface area contributed by atoms with Crippen molar-refractivity contribution in [2.45, 2.75) is 26.8 Å². The molecule has 0 radical (unpaired) electrons. The molecule has 1 aromatic carbocycles. The van der Waals surface area contributed by atoms with Gasteiger partial charge in [-0.25, -0.2) is 0 Å². The lowest BCUT2D eigenvalue weighted by molar-refractivity contribution is 0.769. The summed E-state index contributed by atoms with van der Waals surface area (Å²) in [6, 6.07) is 8.87. The molecule has 0 saturated carbocycles. The third-order valence-electron chi connectivity index (χ3n) is 2.93. The minimum absolute atomic E-state index is 0.720. The normalized spacial score (nSPS) is 11.1. The first kappa shape index (κ1) is 10.2. The highest BCUT2D eigenvalue weighted by molar-refractivity contribution is 5.82. The van der Waals surface area contributed by atoms with E-state index in [4.69, 9.17) is 5.73 Å². The van der Waals surface area contributed by atoms with E-state index in [1.54, 1.807) is 0 Å². The van der Waals surface area contributed by atoms with Crippen molar-refractivity contribution in [2.24, 2.45) is 5.73 Å². The Bertz CT molecular complexity index is 469. The van der Waals surface area contributed by atoms with E-state index in [2.05, 4.69) is 42.7 Å². The molecule has 0 saturated heterocycles. The molecular formula is C13H18N2. The standard InChI is InChI=1S/C13H18N2/c1-3-15-10(2)8-12-5-4-11(6-7-14)9-13(12)15/h4-5,8-9H,3,6-7,14H2,1-2H3. The fourth-order valence-electron chi connectivity index (χ4n) is 2.18. The molecule has 0 aliphatic carbocycles. The highest BCUT2D eigenvalue weighted by Crippen LogP contribution is 2.21. The molecule has 0 aliphatic rings. The molecule has 15 heavy (non-hydrogen) atoms. The molecule has 2 heteroatoms. The lowest BCUT2D eigenvalue weighted by Gasteiger charge is -2.05. The van der Waals surface area contributed by atoms with Crippen molar-refractivity contribution < 1.29 is 0 Å². The summed E-state index contributed by atoms with van der Waals surface area (Å²) < 4.78 is 2.34. The third kappa shape index (κ3) is 1.77. The number of nitrogens with two attached hydrogens (primary N) is 1. The molecule has 0 amide bonds. The summed E-state index contributed by atoms with van der Waals surface area (Å²) >= 11 is 0. The molecule has 80 valence electrons. The average molecular weight is 202 g/mol. The quantitative estimate of drug-likeness (QED) is 0.814. The summed E-state index contributed by atoms with van der Waals surface area (Å²) in [5.74, 6) is 0. The Morgan fingerprint density at radius 2 is 2.07 bits per heavy atom. The van der Waals surface area contributed by atoms with Crippen molar-refractivity contribution >= 4 is 10.9 Å². The Labute approximate surface area is 90.7 Å². The number of nitrogens with zero attached hydrogens (tertiary/aromatic N) is 1. The van der Waals surface area contributed by atoms with Gasteiger partial charge in [0.2, 0.25) is 0 Å². The molecule has 1 aromatic heterocycles. The van der Waals surface area contributed by atoms with Gasteiger partial charge in [0.15, 0.2) is 0 Å². The van der Waals surface area contributed by atoms with Gasteiger partial charge >= 0.3 is 0 Å². The van der Waals surface area contributed by atoms with Gasteiger partial charge < -0.3 is 10.3 Å². The van der Waals surface area contributed by atoms with Gasteiger partial charge in [0, 0.05) is 17.8 Å². The molecule has 0 atom stereocenters. The summed E-state index contributed by atoms with van der Waals surface area (Å²) in [5, 5.41) is 1.33. The van der Waals surface area contributed by atoms with Gasteiger partial charge in [-0.15, -0.1) is 0 Å². The van der Waals surface area contributed by atoms with Gasteiger partial charge in [-0.2, -0.15) is 0 Å². The van der Waals surface area contributed by atoms with E-state index in [0.717, 1.165) is 19.5 Å². The predicted octanol–water partition coefficient (Wildman–Crippen LogP) is 2.47. The lowest BCUT2D eigenvalue weighted by Crippen LogP contribution is -2.03. The van der Waals surface area contributed by atoms with E-state index in [1.165, 1.54) is 22.2 Å². The van der Waals surface area contributed by atoms with Crippen LogP contribution in [0.2, 0.25) is 0 Å². The Morgan fingerprint density at radius 3 is 2.73 bits per heavy atom. The molecule has 2 nitrogen and oxygen atoms in total. The zero-order valence-corrected chi connectivity index (χ0v) is 9.46. The van der Waals surface area contributed by atoms with Gasteiger partial charge in [0.1, 0.15) is 0 Å². The van der Waals surface area contributed by atoms with E-state index in [-0.39, 0.29) is 0 Å². The largest absolute Gasteiger partial charge is 0.345 e. The topological polar surface area (TPSA) is 30.9 Å². The second-order valence-corrected chi connectivity index (χ2v) is 3.96. The summed E-state index contributed by atoms with van der Waals surface area (Å²) in [7, 11) is 0. The molecule has 0 aliphatic heterocycles. The van der Waals surface area contributed by atoms with Crippen molar-refractivity contribution in [1.82, 2.24) is 4.57 Å². The summed E-state index contributed by atoms with van der Waals surface area (Å²) in [5.41, 5.74) is 9.57. The molecule has 0 unspecified atom stereocenters. The molecule has 2 N–H and O–H groups in total. The molecule has 2 aromatic rings. The van der Waals surface area contributed by atoms with Crippen molar-refractivity contribution in [3.05, 3.63) is 35.5 Å². The van der Waals surface area contributed by atoms with Crippen LogP contribution < -0.4 is 5.73 Å². The van der Waals surface area contributed by atoms with Crippen LogP contribution in [0.3, 0.4) is 0 Å². The summed E-state index contributed by atoms with van der Waals surface area (Å²) in [6.45, 7) is 6.09. The maximum absolute atomic E-state index is 5.57. The van der Waals surface area contributed by atoms with Crippen LogP contribution in [0.4, 0.5) is 0 Å². The van der Waals surface area contributed by atoms with Crippen LogP contribution in [0.1, 0.15) is 18.2 Å². The molecule has 0 spiro atoms. The third-order valence-corrected chi connectivity index (χ3v) is 2.93. The molecular weight excluding hydrogens is 184 g/mol. The Balaban J connectivity index is 2.57. The first-order valence-electron chi connectivity index (χ1n) is 5.55. The SMILES string of the molecule is CCn1c(C)cc2ccc(CCN)cc21. The van der Waals surface area contributed by atoms with Crippen molar-refractivity contribution in [1.29, 1.82) is 0 Å². The highest BCUT2D eigenvalue weighted by Gasteiger charge is 2.04. The molecule has 0 bridgehead atoms. The van der Waals surface area contributed by atoms with Crippen molar-refractivity contribution in [2.75, 3.05) is 6.54 Å². The minimum Gasteiger partial charge on any atom is -0.345 e. The number of hydrogen-bond acceptors (Lipinski definition) is 1. The van der Waals surface area contributed by atoms with Gasteiger partial charge in [-0.05, 0) is 49.9 Å². The second kappa shape index (κ2) is 4.07. The van der Waals surface area contributed by atoms with Gasteiger partial charge in [-0.1, -0.05) is 12.1 Å². The zero-order valence-electron chi connectivity index (χ0n) is 9.46. The fourth-order valence-corrected chi connectivity index (χ4v) is 2.18. The van der Waals surface area contributed by atoms with Crippen molar-refractivity contribution in [3.63, 3.8) is 0 Å². The van der Waals surface area contributed by atoms with Crippen molar-refractivity contribution in [3.8, 4) is 0 Å². The van der Waals surface area contributed by atoms with E-state index in [1.807, 2.05) is 0 Å². The molecule has 0 fully saturated rings. The Kier molecular flexibility index (Phi) is 2.78. The minimum atomic E-state index is 0.720. The first-order chi connectivity index (χ1) is 7.26. The first-order valence-corrected chi connectivity index (χ1v) is 5.55. The Morgan fingerprint density at radius 1 is 1.27 bits per heavy atom. The van der Waals surface area contributed by atoms with Crippen LogP contribution in [0.5, 0.6) is 0 Å². The molecule has 2 rings (SSSR count). The maximum Gasteiger partial charge on any atom is 0.0485 e. The summed E-state index contributed by atoms with van der Waals surface area (Å²) in [6.07, 6.45) is 0.962. The highest BCUT2D eigenvalue weighted by atomic mass is 15.0. The monoisotopic (exact) mass is 202 g/mol. The van der Waals surface area contributed by atoms with Crippen LogP contribution in [-0.4, -0.2) is 11.1 Å². The number of aromatic nitrogens is 1. The van der Waals surface area contributed by atoms with E-state index < -0.39 is 0 Å². The zero-order chi connectivity index (χ0) is 10.8. The van der Waals surface area contributed by atoms with Crippen LogP contribution in [0.15, 0.2) is 24.3 Å².